The third kappa shape index (κ3) is 2.63. The molecule has 0 N–H and O–H groups in total. The molecule has 2 heterocycles. The van der Waals surface area contributed by atoms with E-state index in [9.17, 15) is 13.2 Å². The quantitative estimate of drug-likeness (QED) is 0.851. The highest BCUT2D eigenvalue weighted by Crippen LogP contribution is 2.32. The zero-order valence-electron chi connectivity index (χ0n) is 10.7. The van der Waals surface area contributed by atoms with Crippen LogP contribution in [0, 0.1) is 11.6 Å². The summed E-state index contributed by atoms with van der Waals surface area (Å²) < 4.78 is 44.2. The lowest BCUT2D eigenvalue weighted by molar-refractivity contribution is 0.221. The molecule has 0 spiro atoms. The van der Waals surface area contributed by atoms with Crippen LogP contribution in [0.25, 0.3) is 11.4 Å². The molecule has 0 saturated carbocycles. The van der Waals surface area contributed by atoms with Crippen LogP contribution in [0.1, 0.15) is 13.3 Å². The molecule has 1 saturated heterocycles. The van der Waals surface area contributed by atoms with E-state index in [2.05, 4.69) is 9.36 Å². The van der Waals surface area contributed by atoms with E-state index in [4.69, 9.17) is 0 Å². The highest BCUT2D eigenvalue weighted by molar-refractivity contribution is 7.09. The maximum absolute atomic E-state index is 13.8. The minimum Gasteiger partial charge on any atom is -0.344 e. The molecule has 2 aromatic rings. The van der Waals surface area contributed by atoms with Crippen LogP contribution in [0.15, 0.2) is 18.2 Å². The van der Waals surface area contributed by atoms with Gasteiger partial charge in [-0.2, -0.15) is 9.36 Å². The molecule has 20 heavy (non-hydrogen) atoms. The molecule has 1 aromatic carbocycles. The largest absolute Gasteiger partial charge is 0.344 e. The fraction of sp³-hybridized carbons (Fsp3) is 0.385. The van der Waals surface area contributed by atoms with Crippen molar-refractivity contribution in [3.8, 4) is 11.4 Å². The molecule has 1 aromatic heterocycles. The predicted octanol–water partition coefficient (Wildman–Crippen LogP) is 3.42. The summed E-state index contributed by atoms with van der Waals surface area (Å²) in [5.41, 5.74) is -0.941. The number of hydrogen-bond donors (Lipinski definition) is 0. The standard InChI is InChI=1S/C13H12F3N3S/c1-13(16)2-3-19(7-13)12-17-11(18-20-12)8-4-9(14)6-10(15)5-8/h4-6H,2-3,7H2,1H3. The van der Waals surface area contributed by atoms with E-state index in [1.807, 2.05) is 0 Å². The summed E-state index contributed by atoms with van der Waals surface area (Å²) in [5, 5.41) is 0.575. The Morgan fingerprint density at radius 1 is 1.25 bits per heavy atom. The van der Waals surface area contributed by atoms with Gasteiger partial charge in [0, 0.05) is 36.1 Å². The zero-order valence-corrected chi connectivity index (χ0v) is 11.6. The highest BCUT2D eigenvalue weighted by Gasteiger charge is 2.35. The number of nitrogens with zero attached hydrogens (tertiary/aromatic N) is 3. The number of benzene rings is 1. The Kier molecular flexibility index (Phi) is 3.16. The van der Waals surface area contributed by atoms with Crippen LogP contribution < -0.4 is 4.90 Å². The third-order valence-electron chi connectivity index (χ3n) is 3.23. The first-order valence-electron chi connectivity index (χ1n) is 6.17. The summed E-state index contributed by atoms with van der Waals surface area (Å²) in [6.07, 6.45) is 0.441. The van der Waals surface area contributed by atoms with E-state index in [-0.39, 0.29) is 17.9 Å². The number of alkyl halides is 1. The maximum atomic E-state index is 13.8. The van der Waals surface area contributed by atoms with Gasteiger partial charge in [-0.05, 0) is 19.1 Å². The van der Waals surface area contributed by atoms with Crippen molar-refractivity contribution in [1.82, 2.24) is 9.36 Å². The van der Waals surface area contributed by atoms with Crippen molar-refractivity contribution in [2.75, 3.05) is 18.0 Å². The summed E-state index contributed by atoms with van der Waals surface area (Å²) in [6, 6.07) is 3.15. The van der Waals surface area contributed by atoms with Crippen molar-refractivity contribution in [2.24, 2.45) is 0 Å². The number of rotatable bonds is 2. The number of aromatic nitrogens is 2. The minimum atomic E-state index is -1.23. The SMILES string of the molecule is CC1(F)CCN(c2nc(-c3cc(F)cc(F)c3)ns2)C1. The lowest BCUT2D eigenvalue weighted by Crippen LogP contribution is -2.25. The smallest absolute Gasteiger partial charge is 0.205 e. The second-order valence-electron chi connectivity index (χ2n) is 5.14. The summed E-state index contributed by atoms with van der Waals surface area (Å²) in [6.45, 7) is 2.38. The summed E-state index contributed by atoms with van der Waals surface area (Å²) in [5.74, 6) is -1.08. The second-order valence-corrected chi connectivity index (χ2v) is 5.87. The molecule has 0 bridgehead atoms. The van der Waals surface area contributed by atoms with Gasteiger partial charge in [0.1, 0.15) is 17.3 Å². The van der Waals surface area contributed by atoms with Crippen molar-refractivity contribution in [3.05, 3.63) is 29.8 Å². The minimum absolute atomic E-state index is 0.260. The van der Waals surface area contributed by atoms with Crippen LogP contribution in [0.3, 0.4) is 0 Å². The first-order chi connectivity index (χ1) is 9.43. The summed E-state index contributed by atoms with van der Waals surface area (Å²) >= 11 is 1.11. The van der Waals surface area contributed by atoms with Gasteiger partial charge in [0.05, 0.1) is 6.54 Å². The predicted molar refractivity (Wildman–Crippen MR) is 71.6 cm³/mol. The number of hydrogen-bond acceptors (Lipinski definition) is 4. The van der Waals surface area contributed by atoms with Crippen LogP contribution in [0.5, 0.6) is 0 Å². The lowest BCUT2D eigenvalue weighted by atomic mass is 10.1. The molecule has 0 aliphatic carbocycles. The molecule has 0 amide bonds. The van der Waals surface area contributed by atoms with Crippen molar-refractivity contribution in [2.45, 2.75) is 19.0 Å². The van der Waals surface area contributed by atoms with Crippen LogP contribution in [-0.2, 0) is 0 Å². The van der Waals surface area contributed by atoms with Gasteiger partial charge in [0.15, 0.2) is 5.82 Å². The van der Waals surface area contributed by atoms with Gasteiger partial charge in [0.25, 0.3) is 0 Å². The lowest BCUT2D eigenvalue weighted by Gasteiger charge is -2.15. The normalized spacial score (nSPS) is 22.5. The molecule has 3 rings (SSSR count). The molecular formula is C13H12F3N3S. The van der Waals surface area contributed by atoms with Crippen LogP contribution in [0.2, 0.25) is 0 Å². The van der Waals surface area contributed by atoms with Crippen molar-refractivity contribution in [1.29, 1.82) is 0 Å². The summed E-state index contributed by atoms with van der Waals surface area (Å²) in [7, 11) is 0. The topological polar surface area (TPSA) is 29.0 Å². The molecule has 1 aliphatic rings. The molecular weight excluding hydrogens is 287 g/mol. The third-order valence-corrected chi connectivity index (χ3v) is 4.01. The zero-order chi connectivity index (χ0) is 14.3. The van der Waals surface area contributed by atoms with Gasteiger partial charge < -0.3 is 4.90 Å². The van der Waals surface area contributed by atoms with Gasteiger partial charge in [-0.1, -0.05) is 0 Å². The Bertz CT molecular complexity index is 621. The van der Waals surface area contributed by atoms with Gasteiger partial charge in [0.2, 0.25) is 5.13 Å². The Balaban J connectivity index is 1.87. The van der Waals surface area contributed by atoms with Gasteiger partial charge in [-0.3, -0.25) is 0 Å². The molecule has 1 aliphatic heterocycles. The van der Waals surface area contributed by atoms with Gasteiger partial charge in [-0.25, -0.2) is 13.2 Å². The average Bonchev–Trinajstić information content (AvgIpc) is 2.94. The second kappa shape index (κ2) is 4.73. The Labute approximate surface area is 118 Å². The Hall–Kier alpha value is -1.63. The fourth-order valence-electron chi connectivity index (χ4n) is 2.23. The molecule has 3 nitrogen and oxygen atoms in total. The number of halogens is 3. The molecule has 1 atom stereocenters. The Morgan fingerprint density at radius 3 is 2.55 bits per heavy atom. The number of anilines is 1. The Morgan fingerprint density at radius 2 is 1.95 bits per heavy atom. The average molecular weight is 299 g/mol. The van der Waals surface area contributed by atoms with E-state index in [0.717, 1.165) is 17.6 Å². The molecule has 7 heteroatoms. The van der Waals surface area contributed by atoms with Crippen molar-refractivity contribution in [3.63, 3.8) is 0 Å². The molecule has 1 unspecified atom stereocenters. The van der Waals surface area contributed by atoms with E-state index >= 15 is 0 Å². The van der Waals surface area contributed by atoms with E-state index in [0.29, 0.717) is 18.1 Å². The van der Waals surface area contributed by atoms with Crippen LogP contribution in [0.4, 0.5) is 18.3 Å². The molecule has 1 fully saturated rings. The highest BCUT2D eigenvalue weighted by atomic mass is 32.1. The molecule has 0 radical (unpaired) electrons. The monoisotopic (exact) mass is 299 g/mol. The van der Waals surface area contributed by atoms with Crippen LogP contribution in [-0.4, -0.2) is 28.1 Å². The van der Waals surface area contributed by atoms with E-state index < -0.39 is 17.3 Å². The first kappa shape index (κ1) is 13.4. The summed E-state index contributed by atoms with van der Waals surface area (Å²) in [4.78, 5) is 6.05. The van der Waals surface area contributed by atoms with Gasteiger partial charge >= 0.3 is 0 Å². The fourth-order valence-corrected chi connectivity index (χ4v) is 2.94. The van der Waals surface area contributed by atoms with Crippen molar-refractivity contribution >= 4 is 16.7 Å². The van der Waals surface area contributed by atoms with E-state index in [1.54, 1.807) is 11.8 Å². The first-order valence-corrected chi connectivity index (χ1v) is 6.94. The van der Waals surface area contributed by atoms with Crippen molar-refractivity contribution < 1.29 is 13.2 Å². The van der Waals surface area contributed by atoms with Gasteiger partial charge in [-0.15, -0.1) is 0 Å². The van der Waals surface area contributed by atoms with Crippen LogP contribution >= 0.6 is 11.5 Å². The maximum Gasteiger partial charge on any atom is 0.205 e. The van der Waals surface area contributed by atoms with E-state index in [1.165, 1.54) is 12.1 Å². The molecule has 106 valence electrons.